The van der Waals surface area contributed by atoms with Crippen LogP contribution in [0, 0.1) is 29.6 Å². The molecule has 0 amide bonds. The van der Waals surface area contributed by atoms with Crippen LogP contribution in [0.4, 0.5) is 8.78 Å². The molecule has 3 saturated carbocycles. The predicted octanol–water partition coefficient (Wildman–Crippen LogP) is 4.68. The summed E-state index contributed by atoms with van der Waals surface area (Å²) in [4.78, 5) is 0. The first-order valence-corrected chi connectivity index (χ1v) is 9.04. The van der Waals surface area contributed by atoms with Crippen LogP contribution < -0.4 is 0 Å². The van der Waals surface area contributed by atoms with E-state index in [1.165, 1.54) is 38.5 Å². The van der Waals surface area contributed by atoms with Gasteiger partial charge in [0.1, 0.15) is 6.17 Å². The number of aliphatic hydroxyl groups excluding tert-OH is 1. The fourth-order valence-electron chi connectivity index (χ4n) is 5.56. The maximum atomic E-state index is 14.4. The summed E-state index contributed by atoms with van der Waals surface area (Å²) < 4.78 is 28.2. The van der Waals surface area contributed by atoms with E-state index in [0.717, 1.165) is 24.7 Å². The zero-order valence-corrected chi connectivity index (χ0v) is 13.2. The lowest BCUT2D eigenvalue weighted by Crippen LogP contribution is -2.48. The van der Waals surface area contributed by atoms with E-state index in [4.69, 9.17) is 0 Å². The topological polar surface area (TPSA) is 20.2 Å². The lowest BCUT2D eigenvalue weighted by Gasteiger charge is -2.44. The van der Waals surface area contributed by atoms with Gasteiger partial charge in [-0.2, -0.15) is 0 Å². The Balaban J connectivity index is 1.58. The number of hydrogen-bond acceptors (Lipinski definition) is 1. The molecule has 122 valence electrons. The van der Waals surface area contributed by atoms with Gasteiger partial charge in [-0.25, -0.2) is 8.78 Å². The highest BCUT2D eigenvalue weighted by Gasteiger charge is 2.47. The van der Waals surface area contributed by atoms with Gasteiger partial charge in [0, 0.05) is 0 Å². The van der Waals surface area contributed by atoms with Gasteiger partial charge in [0.2, 0.25) is 0 Å². The van der Waals surface area contributed by atoms with Crippen molar-refractivity contribution in [1.29, 1.82) is 0 Å². The molecule has 0 bridgehead atoms. The first kappa shape index (κ1) is 15.7. The average molecular weight is 300 g/mol. The predicted molar refractivity (Wildman–Crippen MR) is 80.5 cm³/mol. The lowest BCUT2D eigenvalue weighted by atomic mass is 9.64. The smallest absolute Gasteiger partial charge is 0.157 e. The number of rotatable bonds is 2. The van der Waals surface area contributed by atoms with Crippen LogP contribution in [0.5, 0.6) is 0 Å². The van der Waals surface area contributed by atoms with Crippen LogP contribution in [-0.2, 0) is 0 Å². The van der Waals surface area contributed by atoms with Crippen molar-refractivity contribution in [2.45, 2.75) is 83.2 Å². The summed E-state index contributed by atoms with van der Waals surface area (Å²) in [6, 6.07) is 0. The average Bonchev–Trinajstić information content (AvgIpc) is 3.00. The quantitative estimate of drug-likeness (QED) is 0.785. The summed E-state index contributed by atoms with van der Waals surface area (Å²) in [6.45, 7) is 2.00. The van der Waals surface area contributed by atoms with Gasteiger partial charge in [-0.1, -0.05) is 32.6 Å². The Hall–Kier alpha value is -0.180. The van der Waals surface area contributed by atoms with E-state index in [-0.39, 0.29) is 11.8 Å². The van der Waals surface area contributed by atoms with E-state index in [2.05, 4.69) is 0 Å². The van der Waals surface area contributed by atoms with Crippen molar-refractivity contribution >= 4 is 0 Å². The minimum Gasteiger partial charge on any atom is -0.390 e. The molecule has 0 aliphatic heterocycles. The summed E-state index contributed by atoms with van der Waals surface area (Å²) in [5, 5.41) is 9.61. The molecule has 3 fully saturated rings. The molecule has 0 saturated heterocycles. The number of halogens is 2. The Morgan fingerprint density at radius 2 is 1.29 bits per heavy atom. The van der Waals surface area contributed by atoms with Crippen LogP contribution in [0.2, 0.25) is 0 Å². The second-order valence-electron chi connectivity index (χ2n) is 7.97. The molecule has 0 aromatic carbocycles. The fraction of sp³-hybridized carbons (Fsp3) is 1.00. The molecule has 5 unspecified atom stereocenters. The van der Waals surface area contributed by atoms with Crippen molar-refractivity contribution in [3.8, 4) is 0 Å². The van der Waals surface area contributed by atoms with Crippen LogP contribution in [0.15, 0.2) is 0 Å². The highest BCUT2D eigenvalue weighted by atomic mass is 19.2. The minimum atomic E-state index is -1.67. The highest BCUT2D eigenvalue weighted by molar-refractivity contribution is 4.96. The fourth-order valence-corrected chi connectivity index (χ4v) is 5.56. The zero-order valence-electron chi connectivity index (χ0n) is 13.2. The van der Waals surface area contributed by atoms with Crippen LogP contribution >= 0.6 is 0 Å². The normalized spacial score (nSPS) is 49.4. The van der Waals surface area contributed by atoms with Crippen molar-refractivity contribution in [3.05, 3.63) is 0 Å². The molecular weight excluding hydrogens is 270 g/mol. The largest absolute Gasteiger partial charge is 0.390 e. The van der Waals surface area contributed by atoms with E-state index in [1.54, 1.807) is 0 Å². The van der Waals surface area contributed by atoms with Gasteiger partial charge in [0.15, 0.2) is 6.17 Å². The molecule has 3 aliphatic rings. The Morgan fingerprint density at radius 3 is 1.90 bits per heavy atom. The molecule has 0 aromatic heterocycles. The van der Waals surface area contributed by atoms with Crippen LogP contribution in [0.25, 0.3) is 0 Å². The number of hydrogen-bond donors (Lipinski definition) is 1. The monoisotopic (exact) mass is 300 g/mol. The molecule has 3 rings (SSSR count). The molecule has 5 atom stereocenters. The van der Waals surface area contributed by atoms with Crippen molar-refractivity contribution < 1.29 is 13.9 Å². The molecule has 0 radical (unpaired) electrons. The molecule has 0 heterocycles. The maximum absolute atomic E-state index is 14.4. The summed E-state index contributed by atoms with van der Waals surface area (Å²) in [5.74, 6) is 2.01. The third-order valence-electron chi connectivity index (χ3n) is 6.74. The van der Waals surface area contributed by atoms with E-state index < -0.39 is 18.4 Å². The molecular formula is C18H30F2O. The van der Waals surface area contributed by atoms with Crippen molar-refractivity contribution in [2.75, 3.05) is 0 Å². The van der Waals surface area contributed by atoms with Gasteiger partial charge < -0.3 is 5.11 Å². The Kier molecular flexibility index (Phi) is 4.87. The SMILES string of the molecule is CC1CC(O)C(F)C(F)C1C1CCC(C2CCCC2)CC1. The maximum Gasteiger partial charge on any atom is 0.157 e. The van der Waals surface area contributed by atoms with Gasteiger partial charge in [-0.3, -0.25) is 0 Å². The minimum absolute atomic E-state index is 0.107. The van der Waals surface area contributed by atoms with Gasteiger partial charge >= 0.3 is 0 Å². The molecule has 1 N–H and O–H groups in total. The summed E-state index contributed by atoms with van der Waals surface area (Å²) in [5.41, 5.74) is 0. The Labute approximate surface area is 127 Å². The lowest BCUT2D eigenvalue weighted by molar-refractivity contribution is -0.0806. The molecule has 0 aromatic rings. The summed E-state index contributed by atoms with van der Waals surface area (Å²) >= 11 is 0. The molecule has 0 spiro atoms. The van der Waals surface area contributed by atoms with Gasteiger partial charge in [0.05, 0.1) is 6.10 Å². The number of alkyl halides is 2. The van der Waals surface area contributed by atoms with Crippen LogP contribution in [0.1, 0.15) is 64.7 Å². The van der Waals surface area contributed by atoms with Crippen LogP contribution in [-0.4, -0.2) is 23.6 Å². The zero-order chi connectivity index (χ0) is 15.0. The highest BCUT2D eigenvalue weighted by Crippen LogP contribution is 2.47. The third kappa shape index (κ3) is 3.13. The summed E-state index contributed by atoms with van der Waals surface area (Å²) in [6.07, 6.45) is 6.32. The molecule has 1 nitrogen and oxygen atoms in total. The molecule has 21 heavy (non-hydrogen) atoms. The molecule has 3 heteroatoms. The van der Waals surface area contributed by atoms with E-state index in [0.29, 0.717) is 12.3 Å². The second kappa shape index (κ2) is 6.52. The Morgan fingerprint density at radius 1 is 0.762 bits per heavy atom. The van der Waals surface area contributed by atoms with Crippen molar-refractivity contribution in [1.82, 2.24) is 0 Å². The standard InChI is InChI=1S/C18H30F2O/c1-11-10-15(21)17(19)18(20)16(11)14-8-6-13(7-9-14)12-4-2-3-5-12/h11-18,21H,2-10H2,1H3. The first-order valence-electron chi connectivity index (χ1n) is 9.04. The van der Waals surface area contributed by atoms with E-state index in [1.807, 2.05) is 6.92 Å². The van der Waals surface area contributed by atoms with Gasteiger partial charge in [0.25, 0.3) is 0 Å². The number of aliphatic hydroxyl groups is 1. The van der Waals surface area contributed by atoms with Crippen LogP contribution in [0.3, 0.4) is 0 Å². The van der Waals surface area contributed by atoms with Gasteiger partial charge in [-0.05, 0) is 61.7 Å². The summed E-state index contributed by atoms with van der Waals surface area (Å²) in [7, 11) is 0. The Bertz CT molecular complexity index is 334. The van der Waals surface area contributed by atoms with Crippen molar-refractivity contribution in [2.24, 2.45) is 29.6 Å². The van der Waals surface area contributed by atoms with Gasteiger partial charge in [-0.15, -0.1) is 0 Å². The second-order valence-corrected chi connectivity index (χ2v) is 7.97. The van der Waals surface area contributed by atoms with E-state index in [9.17, 15) is 13.9 Å². The molecule has 3 aliphatic carbocycles. The first-order chi connectivity index (χ1) is 10.1. The van der Waals surface area contributed by atoms with Crippen molar-refractivity contribution in [3.63, 3.8) is 0 Å². The third-order valence-corrected chi connectivity index (χ3v) is 6.74. The van der Waals surface area contributed by atoms with E-state index >= 15 is 0 Å².